The second-order valence-corrected chi connectivity index (χ2v) is 7.41. The van der Waals surface area contributed by atoms with E-state index in [1.54, 1.807) is 13.1 Å². The van der Waals surface area contributed by atoms with E-state index in [2.05, 4.69) is 57.0 Å². The van der Waals surface area contributed by atoms with Gasteiger partial charge in [0.1, 0.15) is 5.71 Å². The zero-order valence-electron chi connectivity index (χ0n) is 17.5. The lowest BCUT2D eigenvalue weighted by molar-refractivity contribution is -0.124. The molecular formula is C24H29N3O. The van der Waals surface area contributed by atoms with Crippen molar-refractivity contribution in [3.8, 4) is 11.1 Å². The summed E-state index contributed by atoms with van der Waals surface area (Å²) in [5, 5.41) is 0. The zero-order chi connectivity index (χ0) is 20.4. The van der Waals surface area contributed by atoms with Gasteiger partial charge in [-0.2, -0.15) is 0 Å². The Hall–Kier alpha value is -2.88. The monoisotopic (exact) mass is 375 g/mol. The number of carbonyl (C=O) groups is 1. The Balaban J connectivity index is 2.09. The minimum absolute atomic E-state index is 0.0749. The molecule has 2 aromatic carbocycles. The van der Waals surface area contributed by atoms with Crippen molar-refractivity contribution in [2.24, 2.45) is 10.7 Å². The minimum Gasteiger partial charge on any atom is -0.405 e. The number of amides is 1. The summed E-state index contributed by atoms with van der Waals surface area (Å²) in [6, 6.07) is 8.73. The molecule has 3 rings (SSSR count). The topological polar surface area (TPSA) is 58.7 Å². The first-order valence-electron chi connectivity index (χ1n) is 9.78. The molecular weight excluding hydrogens is 346 g/mol. The highest BCUT2D eigenvalue weighted by atomic mass is 16.2. The van der Waals surface area contributed by atoms with E-state index in [0.29, 0.717) is 18.8 Å². The average Bonchev–Trinajstić information content (AvgIpc) is 3.15. The van der Waals surface area contributed by atoms with Gasteiger partial charge in [-0.05, 0) is 78.4 Å². The molecule has 1 amide bonds. The fraction of sp³-hybridized carbons (Fsp3) is 0.333. The number of nitrogens with two attached hydrogens (primary N) is 1. The van der Waals surface area contributed by atoms with Gasteiger partial charge in [0.2, 0.25) is 0 Å². The number of benzene rings is 2. The number of rotatable bonds is 4. The summed E-state index contributed by atoms with van der Waals surface area (Å²) in [6.45, 7) is 9.93. The molecule has 0 saturated heterocycles. The fourth-order valence-electron chi connectivity index (χ4n) is 4.26. The smallest absolute Gasteiger partial charge is 0.272 e. The van der Waals surface area contributed by atoms with E-state index in [0.717, 1.165) is 6.42 Å². The Morgan fingerprint density at radius 3 is 2.25 bits per heavy atom. The van der Waals surface area contributed by atoms with E-state index in [1.807, 2.05) is 4.90 Å². The van der Waals surface area contributed by atoms with Crippen molar-refractivity contribution in [3.05, 3.63) is 69.9 Å². The van der Waals surface area contributed by atoms with Gasteiger partial charge >= 0.3 is 0 Å². The van der Waals surface area contributed by atoms with Gasteiger partial charge in [0.25, 0.3) is 5.91 Å². The van der Waals surface area contributed by atoms with Crippen molar-refractivity contribution in [2.45, 2.75) is 47.2 Å². The molecule has 4 heteroatoms. The van der Waals surface area contributed by atoms with E-state index in [4.69, 9.17) is 5.73 Å². The van der Waals surface area contributed by atoms with Crippen molar-refractivity contribution in [2.75, 3.05) is 7.05 Å². The molecule has 0 atom stereocenters. The van der Waals surface area contributed by atoms with Gasteiger partial charge in [-0.1, -0.05) is 36.8 Å². The Kier molecular flexibility index (Phi) is 5.68. The molecule has 1 aliphatic rings. The second-order valence-electron chi connectivity index (χ2n) is 7.41. The van der Waals surface area contributed by atoms with Crippen LogP contribution >= 0.6 is 0 Å². The highest BCUT2D eigenvalue weighted by Gasteiger charge is 2.30. The van der Waals surface area contributed by atoms with Crippen LogP contribution in [-0.4, -0.2) is 23.6 Å². The molecule has 4 nitrogen and oxygen atoms in total. The maximum atomic E-state index is 12.9. The molecule has 2 N–H and O–H groups in total. The lowest BCUT2D eigenvalue weighted by atomic mass is 9.84. The molecule has 1 aliphatic heterocycles. The molecule has 0 spiro atoms. The number of fused-ring (bicyclic) bond motifs is 1. The van der Waals surface area contributed by atoms with E-state index >= 15 is 0 Å². The third kappa shape index (κ3) is 3.35. The standard InChI is InChI=1S/C24H29N3O/c1-6-19-16(3)20-13-27(24(28)22(26-5)11-12-25)14-21(20)17(4)23(19)18-9-7-15(2)8-10-18/h7-12H,6,13-14,25H2,1-5H3. The molecule has 0 fully saturated rings. The van der Waals surface area contributed by atoms with Gasteiger partial charge in [0.15, 0.2) is 0 Å². The molecule has 1 heterocycles. The van der Waals surface area contributed by atoms with Crippen LogP contribution in [0.15, 0.2) is 41.5 Å². The lowest BCUT2D eigenvalue weighted by Gasteiger charge is -2.19. The summed E-state index contributed by atoms with van der Waals surface area (Å²) in [5.41, 5.74) is 16.2. The zero-order valence-corrected chi connectivity index (χ0v) is 17.5. The summed E-state index contributed by atoms with van der Waals surface area (Å²) < 4.78 is 0. The van der Waals surface area contributed by atoms with Crippen LogP contribution in [0.4, 0.5) is 0 Å². The largest absolute Gasteiger partial charge is 0.405 e. The van der Waals surface area contributed by atoms with Gasteiger partial charge in [-0.25, -0.2) is 0 Å². The molecule has 2 aromatic rings. The third-order valence-corrected chi connectivity index (χ3v) is 5.79. The molecule has 0 unspecified atom stereocenters. The van der Waals surface area contributed by atoms with Gasteiger partial charge in [-0.15, -0.1) is 0 Å². The molecule has 28 heavy (non-hydrogen) atoms. The highest BCUT2D eigenvalue weighted by molar-refractivity contribution is 6.43. The summed E-state index contributed by atoms with van der Waals surface area (Å²) >= 11 is 0. The van der Waals surface area contributed by atoms with Crippen LogP contribution in [0.2, 0.25) is 0 Å². The van der Waals surface area contributed by atoms with Crippen LogP contribution in [0.5, 0.6) is 0 Å². The Labute approximate surface area is 167 Å². The predicted molar refractivity (Wildman–Crippen MR) is 116 cm³/mol. The van der Waals surface area contributed by atoms with Crippen LogP contribution in [0.3, 0.4) is 0 Å². The number of nitrogens with zero attached hydrogens (tertiary/aromatic N) is 2. The van der Waals surface area contributed by atoms with Gasteiger partial charge < -0.3 is 10.6 Å². The first kappa shape index (κ1) is 19.9. The lowest BCUT2D eigenvalue weighted by Crippen LogP contribution is -2.31. The van der Waals surface area contributed by atoms with Crippen molar-refractivity contribution in [1.29, 1.82) is 0 Å². The molecule has 0 bridgehead atoms. The number of carbonyl (C=O) groups excluding carboxylic acids is 1. The predicted octanol–water partition coefficient (Wildman–Crippen LogP) is 4.23. The van der Waals surface area contributed by atoms with Crippen LogP contribution in [-0.2, 0) is 24.3 Å². The summed E-state index contributed by atoms with van der Waals surface area (Å²) in [7, 11) is 1.62. The van der Waals surface area contributed by atoms with E-state index in [9.17, 15) is 4.79 Å². The fourth-order valence-corrected chi connectivity index (χ4v) is 4.26. The van der Waals surface area contributed by atoms with E-state index in [-0.39, 0.29) is 5.91 Å². The number of hydrogen-bond acceptors (Lipinski definition) is 3. The highest BCUT2D eigenvalue weighted by Crippen LogP contribution is 2.39. The van der Waals surface area contributed by atoms with Crippen LogP contribution in [0, 0.1) is 20.8 Å². The quantitative estimate of drug-likeness (QED) is 0.813. The molecule has 0 radical (unpaired) electrons. The Bertz CT molecular complexity index is 969. The molecule has 146 valence electrons. The third-order valence-electron chi connectivity index (χ3n) is 5.79. The first-order chi connectivity index (χ1) is 13.4. The molecule has 0 saturated carbocycles. The average molecular weight is 376 g/mol. The van der Waals surface area contributed by atoms with Crippen molar-refractivity contribution in [1.82, 2.24) is 4.90 Å². The molecule has 0 aliphatic carbocycles. The number of hydrogen-bond donors (Lipinski definition) is 1. The SMILES string of the molecule is CCc1c(C)c2c(c(C)c1-c1ccc(C)cc1)CN(C(=O)C(C=CN)=NC)C2. The van der Waals surface area contributed by atoms with Gasteiger partial charge in [0.05, 0.1) is 0 Å². The normalized spacial score (nSPS) is 14.0. The maximum Gasteiger partial charge on any atom is 0.272 e. The van der Waals surface area contributed by atoms with Crippen molar-refractivity contribution in [3.63, 3.8) is 0 Å². The Morgan fingerprint density at radius 2 is 1.71 bits per heavy atom. The summed E-state index contributed by atoms with van der Waals surface area (Å²) in [5.74, 6) is -0.0749. The van der Waals surface area contributed by atoms with E-state index < -0.39 is 0 Å². The second kappa shape index (κ2) is 8.01. The van der Waals surface area contributed by atoms with E-state index in [1.165, 1.54) is 50.7 Å². The first-order valence-corrected chi connectivity index (χ1v) is 9.78. The molecule has 0 aromatic heterocycles. The van der Waals surface area contributed by atoms with Crippen LogP contribution in [0.1, 0.15) is 40.3 Å². The summed E-state index contributed by atoms with van der Waals surface area (Å²) in [6.07, 6.45) is 3.90. The maximum absolute atomic E-state index is 12.9. The van der Waals surface area contributed by atoms with Crippen LogP contribution < -0.4 is 5.73 Å². The van der Waals surface area contributed by atoms with Crippen molar-refractivity contribution < 1.29 is 4.79 Å². The van der Waals surface area contributed by atoms with Gasteiger partial charge in [0, 0.05) is 20.1 Å². The van der Waals surface area contributed by atoms with Crippen molar-refractivity contribution >= 4 is 11.6 Å². The number of aliphatic imine (C=N–C) groups is 1. The van der Waals surface area contributed by atoms with Crippen LogP contribution in [0.25, 0.3) is 11.1 Å². The summed E-state index contributed by atoms with van der Waals surface area (Å²) in [4.78, 5) is 18.9. The minimum atomic E-state index is -0.0749. The Morgan fingerprint density at radius 1 is 1.11 bits per heavy atom. The number of aryl methyl sites for hydroxylation is 1. The van der Waals surface area contributed by atoms with Gasteiger partial charge in [-0.3, -0.25) is 9.79 Å².